The van der Waals surface area contributed by atoms with E-state index in [1.807, 2.05) is 0 Å². The fraction of sp³-hybridized carbons (Fsp3) is 1.00. The number of nitrogens with zero attached hydrogens (tertiary/aromatic N) is 1. The smallest absolute Gasteiger partial charge is 0.107 e. The van der Waals surface area contributed by atoms with Gasteiger partial charge in [-0.05, 0) is 6.42 Å². The molecule has 0 aliphatic carbocycles. The molecule has 0 aromatic heterocycles. The van der Waals surface area contributed by atoms with Crippen molar-refractivity contribution < 1.29 is 19.7 Å². The average molecular weight is 217 g/mol. The molecule has 2 rings (SSSR count). The van der Waals surface area contributed by atoms with Crippen LogP contribution in [-0.2, 0) is 9.47 Å². The summed E-state index contributed by atoms with van der Waals surface area (Å²) in [7, 11) is 0. The van der Waals surface area contributed by atoms with Crippen LogP contribution in [0.1, 0.15) is 6.42 Å². The Kier molecular flexibility index (Phi) is 3.93. The highest BCUT2D eigenvalue weighted by atomic mass is 16.5. The highest BCUT2D eigenvalue weighted by Gasteiger charge is 2.32. The molecule has 3 unspecified atom stereocenters. The van der Waals surface area contributed by atoms with Crippen LogP contribution in [0.3, 0.4) is 0 Å². The molecule has 0 aromatic carbocycles. The number of hydrogen-bond acceptors (Lipinski definition) is 5. The van der Waals surface area contributed by atoms with Gasteiger partial charge in [-0.3, -0.25) is 4.90 Å². The summed E-state index contributed by atoms with van der Waals surface area (Å²) in [6, 6.07) is 0. The number of ether oxygens (including phenoxy) is 2. The van der Waals surface area contributed by atoms with Crippen LogP contribution in [-0.4, -0.2) is 72.9 Å². The molecule has 5 nitrogen and oxygen atoms in total. The fourth-order valence-corrected chi connectivity index (χ4v) is 2.06. The van der Waals surface area contributed by atoms with E-state index in [4.69, 9.17) is 9.47 Å². The molecule has 88 valence electrons. The zero-order valence-electron chi connectivity index (χ0n) is 8.84. The van der Waals surface area contributed by atoms with Crippen molar-refractivity contribution in [2.75, 3.05) is 39.5 Å². The summed E-state index contributed by atoms with van der Waals surface area (Å²) in [5.41, 5.74) is 0. The second-order valence-corrected chi connectivity index (χ2v) is 4.17. The van der Waals surface area contributed by atoms with Crippen molar-refractivity contribution in [3.05, 3.63) is 0 Å². The van der Waals surface area contributed by atoms with E-state index in [-0.39, 0.29) is 6.10 Å². The predicted molar refractivity (Wildman–Crippen MR) is 53.6 cm³/mol. The number of morpholine rings is 1. The summed E-state index contributed by atoms with van der Waals surface area (Å²) in [5.74, 6) is 0. The largest absolute Gasteiger partial charge is 0.390 e. The standard InChI is InChI=1S/C10H19NO4/c12-8-1-4-15-9(10(8)13)7-11-2-5-14-6-3-11/h8-10,12-13H,1-7H2. The van der Waals surface area contributed by atoms with Crippen LogP contribution in [0, 0.1) is 0 Å². The van der Waals surface area contributed by atoms with Gasteiger partial charge in [0.2, 0.25) is 0 Å². The van der Waals surface area contributed by atoms with Gasteiger partial charge in [0.05, 0.1) is 25.4 Å². The molecule has 2 N–H and O–H groups in total. The minimum absolute atomic E-state index is 0.258. The van der Waals surface area contributed by atoms with Crippen LogP contribution in [0.4, 0.5) is 0 Å². The van der Waals surface area contributed by atoms with Crippen LogP contribution in [0.15, 0.2) is 0 Å². The summed E-state index contributed by atoms with van der Waals surface area (Å²) >= 11 is 0. The average Bonchev–Trinajstić information content (AvgIpc) is 2.26. The van der Waals surface area contributed by atoms with Crippen molar-refractivity contribution in [3.8, 4) is 0 Å². The monoisotopic (exact) mass is 217 g/mol. The second kappa shape index (κ2) is 5.23. The molecule has 0 radical (unpaired) electrons. The molecule has 2 heterocycles. The van der Waals surface area contributed by atoms with Gasteiger partial charge in [0.1, 0.15) is 6.10 Å². The van der Waals surface area contributed by atoms with E-state index in [2.05, 4.69) is 4.90 Å². The lowest BCUT2D eigenvalue weighted by Gasteiger charge is -2.36. The van der Waals surface area contributed by atoms with Gasteiger partial charge in [0.25, 0.3) is 0 Å². The van der Waals surface area contributed by atoms with Crippen molar-refractivity contribution in [1.82, 2.24) is 4.90 Å². The molecule has 2 aliphatic heterocycles. The zero-order valence-corrected chi connectivity index (χ0v) is 8.84. The van der Waals surface area contributed by atoms with Gasteiger partial charge in [-0.2, -0.15) is 0 Å². The highest BCUT2D eigenvalue weighted by Crippen LogP contribution is 2.16. The Hall–Kier alpha value is -0.200. The molecular formula is C10H19NO4. The van der Waals surface area contributed by atoms with Crippen LogP contribution in [0.25, 0.3) is 0 Å². The minimum atomic E-state index is -0.749. The summed E-state index contributed by atoms with van der Waals surface area (Å²) in [5, 5.41) is 19.2. The molecule has 15 heavy (non-hydrogen) atoms. The van der Waals surface area contributed by atoms with E-state index >= 15 is 0 Å². The number of hydrogen-bond donors (Lipinski definition) is 2. The Morgan fingerprint density at radius 3 is 2.60 bits per heavy atom. The van der Waals surface area contributed by atoms with Crippen molar-refractivity contribution >= 4 is 0 Å². The second-order valence-electron chi connectivity index (χ2n) is 4.17. The molecule has 2 fully saturated rings. The van der Waals surface area contributed by atoms with Crippen LogP contribution < -0.4 is 0 Å². The molecule has 2 saturated heterocycles. The molecule has 0 spiro atoms. The number of aliphatic hydroxyl groups excluding tert-OH is 2. The Balaban J connectivity index is 1.81. The fourth-order valence-electron chi connectivity index (χ4n) is 2.06. The summed E-state index contributed by atoms with van der Waals surface area (Å²) < 4.78 is 10.7. The first kappa shape index (κ1) is 11.3. The number of aliphatic hydroxyl groups is 2. The molecule has 0 saturated carbocycles. The van der Waals surface area contributed by atoms with E-state index in [1.165, 1.54) is 0 Å². The third kappa shape index (κ3) is 2.89. The van der Waals surface area contributed by atoms with Gasteiger partial charge in [-0.15, -0.1) is 0 Å². The zero-order chi connectivity index (χ0) is 10.7. The van der Waals surface area contributed by atoms with E-state index < -0.39 is 12.2 Å². The van der Waals surface area contributed by atoms with E-state index in [0.717, 1.165) is 26.3 Å². The van der Waals surface area contributed by atoms with Crippen molar-refractivity contribution in [3.63, 3.8) is 0 Å². The predicted octanol–water partition coefficient (Wildman–Crippen LogP) is -1.17. The Bertz CT molecular complexity index is 196. The maximum Gasteiger partial charge on any atom is 0.107 e. The van der Waals surface area contributed by atoms with E-state index in [1.54, 1.807) is 0 Å². The lowest BCUT2D eigenvalue weighted by Crippen LogP contribution is -2.51. The highest BCUT2D eigenvalue weighted by molar-refractivity contribution is 4.83. The Morgan fingerprint density at radius 1 is 1.13 bits per heavy atom. The number of rotatable bonds is 2. The Labute approximate surface area is 89.6 Å². The maximum atomic E-state index is 9.74. The first-order chi connectivity index (χ1) is 7.27. The van der Waals surface area contributed by atoms with Crippen LogP contribution in [0.5, 0.6) is 0 Å². The van der Waals surface area contributed by atoms with Crippen molar-refractivity contribution in [2.45, 2.75) is 24.7 Å². The van der Waals surface area contributed by atoms with Crippen molar-refractivity contribution in [1.29, 1.82) is 0 Å². The lowest BCUT2D eigenvalue weighted by molar-refractivity contribution is -0.144. The first-order valence-electron chi connectivity index (χ1n) is 5.55. The molecule has 0 bridgehead atoms. The third-order valence-electron chi connectivity index (χ3n) is 3.06. The molecule has 2 aliphatic rings. The molecule has 0 aromatic rings. The topological polar surface area (TPSA) is 62.2 Å². The molecule has 5 heteroatoms. The minimum Gasteiger partial charge on any atom is -0.390 e. The SMILES string of the molecule is OC1CCOC(CN2CCOCC2)C1O. The van der Waals surface area contributed by atoms with Gasteiger partial charge in [0, 0.05) is 26.2 Å². The molecule has 3 atom stereocenters. The lowest BCUT2D eigenvalue weighted by atomic mass is 10.0. The van der Waals surface area contributed by atoms with Gasteiger partial charge >= 0.3 is 0 Å². The van der Waals surface area contributed by atoms with E-state index in [9.17, 15) is 10.2 Å². The first-order valence-corrected chi connectivity index (χ1v) is 5.55. The van der Waals surface area contributed by atoms with Gasteiger partial charge < -0.3 is 19.7 Å². The molecular weight excluding hydrogens is 198 g/mol. The quantitative estimate of drug-likeness (QED) is 0.610. The van der Waals surface area contributed by atoms with Gasteiger partial charge in [-0.25, -0.2) is 0 Å². The van der Waals surface area contributed by atoms with Gasteiger partial charge in [-0.1, -0.05) is 0 Å². The Morgan fingerprint density at radius 2 is 1.87 bits per heavy atom. The van der Waals surface area contributed by atoms with Gasteiger partial charge in [0.15, 0.2) is 0 Å². The van der Waals surface area contributed by atoms with Crippen LogP contribution in [0.2, 0.25) is 0 Å². The maximum absolute atomic E-state index is 9.74. The summed E-state index contributed by atoms with van der Waals surface area (Å²) in [4.78, 5) is 2.20. The molecule has 0 amide bonds. The van der Waals surface area contributed by atoms with Crippen LogP contribution >= 0.6 is 0 Å². The van der Waals surface area contributed by atoms with E-state index in [0.29, 0.717) is 19.6 Å². The summed E-state index contributed by atoms with van der Waals surface area (Å²) in [6.07, 6.45) is -1.11. The third-order valence-corrected chi connectivity index (χ3v) is 3.06. The van der Waals surface area contributed by atoms with Crippen molar-refractivity contribution in [2.24, 2.45) is 0 Å². The normalized spacial score (nSPS) is 39.2. The summed E-state index contributed by atoms with van der Waals surface area (Å²) in [6.45, 7) is 4.46.